The SMILES string of the molecule is CCC1SC=NC1C(=O)OC. The van der Waals surface area contributed by atoms with Crippen molar-refractivity contribution < 1.29 is 9.53 Å². The Morgan fingerprint density at radius 2 is 2.55 bits per heavy atom. The predicted molar refractivity (Wildman–Crippen MR) is 46.0 cm³/mol. The number of thioether (sulfide) groups is 1. The van der Waals surface area contributed by atoms with Gasteiger partial charge in [-0.2, -0.15) is 0 Å². The molecule has 0 N–H and O–H groups in total. The number of hydrogen-bond donors (Lipinski definition) is 0. The summed E-state index contributed by atoms with van der Waals surface area (Å²) in [5, 5.41) is 0.280. The van der Waals surface area contributed by atoms with Gasteiger partial charge in [0.05, 0.1) is 12.7 Å². The quantitative estimate of drug-likeness (QED) is 0.586. The van der Waals surface area contributed by atoms with E-state index in [0.29, 0.717) is 0 Å². The number of ether oxygens (including phenoxy) is 1. The average Bonchev–Trinajstić information content (AvgIpc) is 2.50. The van der Waals surface area contributed by atoms with Crippen LogP contribution < -0.4 is 0 Å². The smallest absolute Gasteiger partial charge is 0.331 e. The minimum Gasteiger partial charge on any atom is -0.467 e. The van der Waals surface area contributed by atoms with Crippen molar-refractivity contribution in [2.75, 3.05) is 7.11 Å². The molecule has 0 saturated heterocycles. The molecule has 0 saturated carbocycles. The normalized spacial score (nSPS) is 28.9. The van der Waals surface area contributed by atoms with Crippen molar-refractivity contribution in [3.05, 3.63) is 0 Å². The molecule has 3 nitrogen and oxygen atoms in total. The predicted octanol–water partition coefficient (Wildman–Crippen LogP) is 1.08. The molecule has 1 aliphatic rings. The van der Waals surface area contributed by atoms with Crippen LogP contribution in [0.5, 0.6) is 0 Å². The second-order valence-corrected chi connectivity index (χ2v) is 3.39. The van der Waals surface area contributed by atoms with Gasteiger partial charge in [0.25, 0.3) is 0 Å². The van der Waals surface area contributed by atoms with Crippen molar-refractivity contribution >= 4 is 23.3 Å². The number of rotatable bonds is 2. The van der Waals surface area contributed by atoms with Gasteiger partial charge in [-0.1, -0.05) is 6.92 Å². The van der Waals surface area contributed by atoms with E-state index in [-0.39, 0.29) is 17.3 Å². The number of carbonyl (C=O) groups excluding carboxylic acids is 1. The van der Waals surface area contributed by atoms with Crippen LogP contribution in [0.3, 0.4) is 0 Å². The van der Waals surface area contributed by atoms with Crippen LogP contribution in [0.1, 0.15) is 13.3 Å². The molecule has 62 valence electrons. The molecule has 0 aromatic rings. The Labute approximate surface area is 70.2 Å². The molecule has 0 aromatic heterocycles. The van der Waals surface area contributed by atoms with Gasteiger partial charge in [0.1, 0.15) is 0 Å². The van der Waals surface area contributed by atoms with E-state index in [2.05, 4.69) is 9.73 Å². The fourth-order valence-corrected chi connectivity index (χ4v) is 1.88. The van der Waals surface area contributed by atoms with Crippen molar-refractivity contribution in [1.29, 1.82) is 0 Å². The summed E-state index contributed by atoms with van der Waals surface area (Å²) < 4.78 is 4.60. The van der Waals surface area contributed by atoms with E-state index < -0.39 is 0 Å². The van der Waals surface area contributed by atoms with Crippen LogP contribution in [-0.2, 0) is 9.53 Å². The summed E-state index contributed by atoms with van der Waals surface area (Å²) in [5.41, 5.74) is 1.73. The van der Waals surface area contributed by atoms with Crippen LogP contribution >= 0.6 is 11.8 Å². The fraction of sp³-hybridized carbons (Fsp3) is 0.714. The maximum atomic E-state index is 11.0. The van der Waals surface area contributed by atoms with Crippen LogP contribution in [0.2, 0.25) is 0 Å². The number of methoxy groups -OCH3 is 1. The van der Waals surface area contributed by atoms with E-state index in [1.807, 2.05) is 6.92 Å². The standard InChI is InChI=1S/C7H11NO2S/c1-3-5-6(7(9)10-2)8-4-11-5/h4-6H,3H2,1-2H3. The monoisotopic (exact) mass is 173 g/mol. The third kappa shape index (κ3) is 1.74. The molecule has 0 aliphatic carbocycles. The molecule has 1 aliphatic heterocycles. The molecule has 4 heteroatoms. The topological polar surface area (TPSA) is 38.7 Å². The summed E-state index contributed by atoms with van der Waals surface area (Å²) in [5.74, 6) is -0.224. The van der Waals surface area contributed by atoms with Crippen LogP contribution in [0.15, 0.2) is 4.99 Å². The Hall–Kier alpha value is -0.510. The van der Waals surface area contributed by atoms with Crippen LogP contribution in [0.25, 0.3) is 0 Å². The van der Waals surface area contributed by atoms with E-state index in [1.54, 1.807) is 17.3 Å². The molecule has 0 fully saturated rings. The fourth-order valence-electron chi connectivity index (χ4n) is 1.00. The van der Waals surface area contributed by atoms with Crippen molar-refractivity contribution in [1.82, 2.24) is 0 Å². The Bertz CT molecular complexity index is 181. The van der Waals surface area contributed by atoms with Gasteiger partial charge in [0, 0.05) is 5.25 Å². The molecule has 0 amide bonds. The molecule has 1 heterocycles. The van der Waals surface area contributed by atoms with Gasteiger partial charge >= 0.3 is 5.97 Å². The lowest BCUT2D eigenvalue weighted by Gasteiger charge is -2.11. The number of aliphatic imine (C=N–C) groups is 1. The summed E-state index contributed by atoms with van der Waals surface area (Å²) in [6.07, 6.45) is 0.949. The van der Waals surface area contributed by atoms with E-state index in [0.717, 1.165) is 6.42 Å². The van der Waals surface area contributed by atoms with Crippen molar-refractivity contribution in [3.8, 4) is 0 Å². The van der Waals surface area contributed by atoms with E-state index in [4.69, 9.17) is 0 Å². The highest BCUT2D eigenvalue weighted by Gasteiger charge is 2.30. The second-order valence-electron chi connectivity index (χ2n) is 2.31. The summed E-state index contributed by atoms with van der Waals surface area (Å²) in [7, 11) is 1.40. The first-order valence-electron chi connectivity index (χ1n) is 3.54. The van der Waals surface area contributed by atoms with E-state index >= 15 is 0 Å². The maximum Gasteiger partial charge on any atom is 0.331 e. The first-order chi connectivity index (χ1) is 5.29. The molecule has 1 rings (SSSR count). The number of carbonyl (C=O) groups is 1. The highest BCUT2D eigenvalue weighted by molar-refractivity contribution is 8.13. The Morgan fingerprint density at radius 3 is 3.09 bits per heavy atom. The molecule has 0 spiro atoms. The Kier molecular flexibility index (Phi) is 2.93. The third-order valence-electron chi connectivity index (χ3n) is 1.65. The zero-order valence-electron chi connectivity index (χ0n) is 6.61. The number of esters is 1. The molecule has 2 atom stereocenters. The average molecular weight is 173 g/mol. The maximum absolute atomic E-state index is 11.0. The van der Waals surface area contributed by atoms with Gasteiger partial charge in [0.2, 0.25) is 0 Å². The van der Waals surface area contributed by atoms with Gasteiger partial charge in [0.15, 0.2) is 6.04 Å². The Balaban J connectivity index is 2.55. The minimum absolute atomic E-state index is 0.224. The summed E-state index contributed by atoms with van der Waals surface area (Å²) in [4.78, 5) is 15.1. The summed E-state index contributed by atoms with van der Waals surface area (Å²) >= 11 is 1.60. The molecule has 0 bridgehead atoms. The van der Waals surface area contributed by atoms with Crippen molar-refractivity contribution in [2.45, 2.75) is 24.6 Å². The summed E-state index contributed by atoms with van der Waals surface area (Å²) in [6.45, 7) is 2.04. The highest BCUT2D eigenvalue weighted by atomic mass is 32.2. The molecule has 0 aromatic carbocycles. The van der Waals surface area contributed by atoms with Gasteiger partial charge < -0.3 is 4.74 Å². The zero-order valence-corrected chi connectivity index (χ0v) is 7.43. The van der Waals surface area contributed by atoms with Gasteiger partial charge in [-0.05, 0) is 6.42 Å². The van der Waals surface area contributed by atoms with Gasteiger partial charge in [-0.25, -0.2) is 4.79 Å². The lowest BCUT2D eigenvalue weighted by molar-refractivity contribution is -0.141. The highest BCUT2D eigenvalue weighted by Crippen LogP contribution is 2.25. The molecular formula is C7H11NO2S. The minimum atomic E-state index is -0.269. The second kappa shape index (κ2) is 3.76. The van der Waals surface area contributed by atoms with Crippen molar-refractivity contribution in [2.24, 2.45) is 4.99 Å². The van der Waals surface area contributed by atoms with Crippen LogP contribution in [0, 0.1) is 0 Å². The first kappa shape index (κ1) is 8.59. The molecule has 2 unspecified atom stereocenters. The van der Waals surface area contributed by atoms with E-state index in [9.17, 15) is 4.79 Å². The largest absolute Gasteiger partial charge is 0.467 e. The van der Waals surface area contributed by atoms with Gasteiger partial charge in [-0.15, -0.1) is 11.8 Å². The molecule has 0 radical (unpaired) electrons. The first-order valence-corrected chi connectivity index (χ1v) is 4.48. The van der Waals surface area contributed by atoms with Crippen molar-refractivity contribution in [3.63, 3.8) is 0 Å². The van der Waals surface area contributed by atoms with Gasteiger partial charge in [-0.3, -0.25) is 4.99 Å². The lowest BCUT2D eigenvalue weighted by atomic mass is 10.2. The molecular weight excluding hydrogens is 162 g/mol. The van der Waals surface area contributed by atoms with E-state index in [1.165, 1.54) is 7.11 Å². The van der Waals surface area contributed by atoms with Crippen LogP contribution in [-0.4, -0.2) is 29.9 Å². The molecule has 11 heavy (non-hydrogen) atoms. The lowest BCUT2D eigenvalue weighted by Crippen LogP contribution is -2.27. The third-order valence-corrected chi connectivity index (χ3v) is 2.84. The summed E-state index contributed by atoms with van der Waals surface area (Å²) in [6, 6.07) is -0.269. The Morgan fingerprint density at radius 1 is 1.82 bits per heavy atom. The zero-order chi connectivity index (χ0) is 8.27. The van der Waals surface area contributed by atoms with Crippen LogP contribution in [0.4, 0.5) is 0 Å². The number of nitrogens with zero attached hydrogens (tertiary/aromatic N) is 1. The number of hydrogen-bond acceptors (Lipinski definition) is 4.